The average Bonchev–Trinajstić information content (AvgIpc) is 2.95. The first-order valence-electron chi connectivity index (χ1n) is 6.71. The Labute approximate surface area is 123 Å². The van der Waals surface area contributed by atoms with E-state index >= 15 is 0 Å². The van der Waals surface area contributed by atoms with E-state index < -0.39 is 10.0 Å². The van der Waals surface area contributed by atoms with E-state index in [1.807, 2.05) is 6.92 Å². The highest BCUT2D eigenvalue weighted by Gasteiger charge is 2.29. The van der Waals surface area contributed by atoms with Gasteiger partial charge in [0.15, 0.2) is 0 Å². The zero-order chi connectivity index (χ0) is 14.9. The number of aromatic nitrogens is 3. The van der Waals surface area contributed by atoms with Crippen LogP contribution in [0.5, 0.6) is 5.75 Å². The van der Waals surface area contributed by atoms with Crippen LogP contribution in [0.15, 0.2) is 35.5 Å². The molecule has 0 unspecified atom stereocenters. The van der Waals surface area contributed by atoms with Crippen molar-refractivity contribution in [2.45, 2.75) is 24.9 Å². The van der Waals surface area contributed by atoms with Gasteiger partial charge in [0.2, 0.25) is 10.0 Å². The molecule has 8 heteroatoms. The van der Waals surface area contributed by atoms with Gasteiger partial charge in [-0.25, -0.2) is 18.1 Å². The van der Waals surface area contributed by atoms with Gasteiger partial charge in [0, 0.05) is 12.6 Å². The number of fused-ring (bicyclic) bond motifs is 1. The van der Waals surface area contributed by atoms with Crippen LogP contribution in [0.3, 0.4) is 0 Å². The van der Waals surface area contributed by atoms with Gasteiger partial charge >= 0.3 is 0 Å². The summed E-state index contributed by atoms with van der Waals surface area (Å²) < 4.78 is 33.9. The van der Waals surface area contributed by atoms with E-state index in [1.165, 1.54) is 10.6 Å². The van der Waals surface area contributed by atoms with Crippen LogP contribution in [0.25, 0.3) is 0 Å². The van der Waals surface area contributed by atoms with Gasteiger partial charge in [-0.15, -0.1) is 0 Å². The molecule has 1 aliphatic heterocycles. The average molecular weight is 308 g/mol. The molecule has 0 N–H and O–H groups in total. The first kappa shape index (κ1) is 14.0. The maximum absolute atomic E-state index is 12.7. The second-order valence-corrected chi connectivity index (χ2v) is 6.58. The molecule has 0 saturated carbocycles. The summed E-state index contributed by atoms with van der Waals surface area (Å²) in [6, 6.07) is 6.56. The fourth-order valence-electron chi connectivity index (χ4n) is 2.29. The van der Waals surface area contributed by atoms with Gasteiger partial charge in [0.05, 0.1) is 24.6 Å². The predicted molar refractivity (Wildman–Crippen MR) is 75.2 cm³/mol. The highest BCUT2D eigenvalue weighted by molar-refractivity contribution is 7.89. The monoisotopic (exact) mass is 308 g/mol. The molecule has 0 fully saturated rings. The molecule has 21 heavy (non-hydrogen) atoms. The molecule has 0 spiro atoms. The van der Waals surface area contributed by atoms with E-state index in [0.717, 1.165) is 0 Å². The summed E-state index contributed by atoms with van der Waals surface area (Å²) in [5.41, 5.74) is 0. The van der Waals surface area contributed by atoms with Crippen molar-refractivity contribution in [3.8, 4) is 5.75 Å². The van der Waals surface area contributed by atoms with Gasteiger partial charge in [0.1, 0.15) is 17.9 Å². The van der Waals surface area contributed by atoms with Gasteiger partial charge in [0.25, 0.3) is 0 Å². The molecule has 0 radical (unpaired) electrons. The molecule has 0 saturated heterocycles. The van der Waals surface area contributed by atoms with Crippen LogP contribution in [0.4, 0.5) is 0 Å². The van der Waals surface area contributed by atoms with Crippen molar-refractivity contribution in [3.63, 3.8) is 0 Å². The fraction of sp³-hybridized carbons (Fsp3) is 0.385. The maximum Gasteiger partial charge on any atom is 0.243 e. The number of nitrogens with zero attached hydrogens (tertiary/aromatic N) is 4. The Morgan fingerprint density at radius 1 is 1.33 bits per heavy atom. The molecule has 112 valence electrons. The van der Waals surface area contributed by atoms with Crippen molar-refractivity contribution in [2.75, 3.05) is 13.2 Å². The van der Waals surface area contributed by atoms with Crippen LogP contribution in [-0.4, -0.2) is 40.6 Å². The first-order valence-corrected chi connectivity index (χ1v) is 8.15. The van der Waals surface area contributed by atoms with Gasteiger partial charge in [-0.2, -0.15) is 9.40 Å². The normalized spacial score (nSPS) is 15.7. The maximum atomic E-state index is 12.7. The molecule has 2 heterocycles. The summed E-state index contributed by atoms with van der Waals surface area (Å²) in [5.74, 6) is 1.21. The molecule has 0 atom stereocenters. The number of hydrogen-bond acceptors (Lipinski definition) is 5. The third-order valence-electron chi connectivity index (χ3n) is 3.33. The topological polar surface area (TPSA) is 77.3 Å². The quantitative estimate of drug-likeness (QED) is 0.838. The lowest BCUT2D eigenvalue weighted by Crippen LogP contribution is -2.38. The molecular formula is C13H16N4O3S. The Morgan fingerprint density at radius 3 is 3.00 bits per heavy atom. The smallest absolute Gasteiger partial charge is 0.243 e. The lowest BCUT2D eigenvalue weighted by atomic mass is 10.3. The molecule has 0 aliphatic carbocycles. The van der Waals surface area contributed by atoms with E-state index in [-0.39, 0.29) is 11.4 Å². The van der Waals surface area contributed by atoms with Crippen LogP contribution in [0, 0.1) is 0 Å². The van der Waals surface area contributed by atoms with Crippen LogP contribution < -0.4 is 4.74 Å². The predicted octanol–water partition coefficient (Wildman–Crippen LogP) is 0.881. The molecular weight excluding hydrogens is 292 g/mol. The third kappa shape index (κ3) is 2.64. The Bertz CT molecular complexity index is 741. The summed E-state index contributed by atoms with van der Waals surface area (Å²) in [6.07, 6.45) is 1.45. The Hall–Kier alpha value is -1.93. The lowest BCUT2D eigenvalue weighted by Gasteiger charge is -2.26. The van der Waals surface area contributed by atoms with Gasteiger partial charge in [-0.1, -0.05) is 6.07 Å². The number of ether oxygens (including phenoxy) is 1. The first-order chi connectivity index (χ1) is 10.1. The molecule has 0 amide bonds. The van der Waals surface area contributed by atoms with Crippen LogP contribution in [0.1, 0.15) is 12.7 Å². The van der Waals surface area contributed by atoms with Gasteiger partial charge < -0.3 is 4.74 Å². The summed E-state index contributed by atoms with van der Waals surface area (Å²) in [7, 11) is -3.55. The van der Waals surface area contributed by atoms with Crippen molar-refractivity contribution < 1.29 is 13.2 Å². The minimum absolute atomic E-state index is 0.237. The van der Waals surface area contributed by atoms with E-state index in [9.17, 15) is 8.42 Å². The number of rotatable bonds is 4. The Morgan fingerprint density at radius 2 is 2.19 bits per heavy atom. The van der Waals surface area contributed by atoms with Crippen molar-refractivity contribution in [1.82, 2.24) is 19.1 Å². The van der Waals surface area contributed by atoms with Crippen molar-refractivity contribution in [2.24, 2.45) is 0 Å². The highest BCUT2D eigenvalue weighted by Crippen LogP contribution is 2.23. The van der Waals surface area contributed by atoms with E-state index in [4.69, 9.17) is 4.74 Å². The Balaban J connectivity index is 1.89. The second-order valence-electron chi connectivity index (χ2n) is 4.65. The minimum atomic E-state index is -3.55. The van der Waals surface area contributed by atoms with E-state index in [1.54, 1.807) is 28.9 Å². The molecule has 3 rings (SSSR count). The standard InChI is InChI=1S/C13H16N4O3S/c1-2-20-11-4-3-5-12(8-11)21(18,19)16-6-7-17-13(9-16)14-10-15-17/h3-5,8,10H,2,6-7,9H2,1H3. The summed E-state index contributed by atoms with van der Waals surface area (Å²) in [4.78, 5) is 4.32. The molecule has 1 aromatic carbocycles. The van der Waals surface area contributed by atoms with Crippen LogP contribution in [0.2, 0.25) is 0 Å². The number of benzene rings is 1. The summed E-state index contributed by atoms with van der Waals surface area (Å²) in [6.45, 7) is 3.49. The summed E-state index contributed by atoms with van der Waals surface area (Å²) >= 11 is 0. The van der Waals surface area contributed by atoms with Crippen LogP contribution >= 0.6 is 0 Å². The van der Waals surface area contributed by atoms with Gasteiger partial charge in [-0.05, 0) is 19.1 Å². The largest absolute Gasteiger partial charge is 0.494 e. The highest BCUT2D eigenvalue weighted by atomic mass is 32.2. The zero-order valence-corrected chi connectivity index (χ0v) is 12.5. The Kier molecular flexibility index (Phi) is 3.64. The lowest BCUT2D eigenvalue weighted by molar-refractivity contribution is 0.320. The van der Waals surface area contributed by atoms with Gasteiger partial charge in [-0.3, -0.25) is 0 Å². The van der Waals surface area contributed by atoms with Crippen molar-refractivity contribution in [3.05, 3.63) is 36.4 Å². The number of sulfonamides is 1. The minimum Gasteiger partial charge on any atom is -0.494 e. The molecule has 0 bridgehead atoms. The zero-order valence-electron chi connectivity index (χ0n) is 11.6. The third-order valence-corrected chi connectivity index (χ3v) is 5.17. The fourth-order valence-corrected chi connectivity index (χ4v) is 3.71. The second kappa shape index (κ2) is 5.45. The van der Waals surface area contributed by atoms with E-state index in [2.05, 4.69) is 10.1 Å². The van der Waals surface area contributed by atoms with Crippen LogP contribution in [-0.2, 0) is 23.1 Å². The van der Waals surface area contributed by atoms with E-state index in [0.29, 0.717) is 31.3 Å². The molecule has 2 aromatic rings. The molecule has 7 nitrogen and oxygen atoms in total. The molecule has 1 aliphatic rings. The SMILES string of the molecule is CCOc1cccc(S(=O)(=O)N2CCn3ncnc3C2)c1. The van der Waals surface area contributed by atoms with Crippen molar-refractivity contribution in [1.29, 1.82) is 0 Å². The van der Waals surface area contributed by atoms with Crippen molar-refractivity contribution >= 4 is 10.0 Å². The summed E-state index contributed by atoms with van der Waals surface area (Å²) in [5, 5.41) is 4.05. The molecule has 1 aromatic heterocycles. The number of hydrogen-bond donors (Lipinski definition) is 0.